The number of hydrogen-bond donors (Lipinski definition) is 2. The van der Waals surface area contributed by atoms with E-state index in [0.29, 0.717) is 34.7 Å². The van der Waals surface area contributed by atoms with Crippen molar-refractivity contribution >= 4 is 41.1 Å². The lowest BCUT2D eigenvalue weighted by molar-refractivity contribution is -0.113. The maximum atomic E-state index is 13.4. The molecule has 0 aliphatic carbocycles. The molecular weight excluding hydrogens is 520 g/mol. The van der Waals surface area contributed by atoms with Crippen molar-refractivity contribution in [3.63, 3.8) is 0 Å². The van der Waals surface area contributed by atoms with Gasteiger partial charge in [0.05, 0.1) is 12.4 Å². The fraction of sp³-hybridized carbons (Fsp3) is 0.121. The number of ether oxygens (including phenoxy) is 1. The first kappa shape index (κ1) is 28.4. The predicted molar refractivity (Wildman–Crippen MR) is 161 cm³/mol. The van der Waals surface area contributed by atoms with Crippen molar-refractivity contribution in [1.29, 1.82) is 0 Å². The lowest BCUT2D eigenvalue weighted by atomic mass is 10.1. The number of nitrogens with one attached hydrogen (secondary N) is 2. The zero-order valence-electron chi connectivity index (χ0n) is 22.3. The van der Waals surface area contributed by atoms with Crippen LogP contribution in [0.1, 0.15) is 38.8 Å². The normalized spacial score (nSPS) is 11.0. The third kappa shape index (κ3) is 7.94. The van der Waals surface area contributed by atoms with Crippen LogP contribution in [0.4, 0.5) is 5.69 Å². The Morgan fingerprint density at radius 1 is 0.825 bits per heavy atom. The maximum absolute atomic E-state index is 13.4. The van der Waals surface area contributed by atoms with Crippen molar-refractivity contribution in [1.82, 2.24) is 5.32 Å². The van der Waals surface area contributed by atoms with Crippen molar-refractivity contribution in [2.75, 3.05) is 17.7 Å². The number of rotatable bonds is 11. The number of para-hydroxylation sites is 1. The number of Topliss-reactive ketones (excluding diaryl/α,β-unsaturated/α-hetero) is 1. The van der Waals surface area contributed by atoms with E-state index in [2.05, 4.69) is 10.6 Å². The minimum absolute atomic E-state index is 0.0289. The number of aryl methyl sites for hydroxylation is 1. The fourth-order valence-corrected chi connectivity index (χ4v) is 4.67. The Kier molecular flexibility index (Phi) is 9.91. The molecule has 0 heterocycles. The Labute approximate surface area is 238 Å². The molecule has 6 nitrogen and oxygen atoms in total. The molecule has 0 bridgehead atoms. The van der Waals surface area contributed by atoms with Crippen molar-refractivity contribution in [3.8, 4) is 5.75 Å². The fourth-order valence-electron chi connectivity index (χ4n) is 3.82. The van der Waals surface area contributed by atoms with Gasteiger partial charge in [-0.1, -0.05) is 72.3 Å². The van der Waals surface area contributed by atoms with Gasteiger partial charge in [0, 0.05) is 27.3 Å². The zero-order chi connectivity index (χ0) is 28.3. The number of amides is 2. The van der Waals surface area contributed by atoms with Crippen molar-refractivity contribution in [2.24, 2.45) is 0 Å². The minimum Gasteiger partial charge on any atom is -0.493 e. The molecule has 2 N–H and O–H groups in total. The van der Waals surface area contributed by atoms with E-state index >= 15 is 0 Å². The van der Waals surface area contributed by atoms with Gasteiger partial charge in [0.1, 0.15) is 11.4 Å². The second-order valence-electron chi connectivity index (χ2n) is 8.91. The van der Waals surface area contributed by atoms with Gasteiger partial charge >= 0.3 is 0 Å². The quantitative estimate of drug-likeness (QED) is 0.122. The van der Waals surface area contributed by atoms with Crippen molar-refractivity contribution in [3.05, 3.63) is 131 Å². The summed E-state index contributed by atoms with van der Waals surface area (Å²) in [7, 11) is 0. The molecule has 0 radical (unpaired) electrons. The average molecular weight is 551 g/mol. The molecular formula is C33H30N2O4S. The summed E-state index contributed by atoms with van der Waals surface area (Å²) >= 11 is 1.39. The van der Waals surface area contributed by atoms with E-state index < -0.39 is 11.8 Å². The first-order valence-corrected chi connectivity index (χ1v) is 13.9. The first-order chi connectivity index (χ1) is 19.4. The van der Waals surface area contributed by atoms with Crippen LogP contribution < -0.4 is 15.4 Å². The van der Waals surface area contributed by atoms with E-state index in [1.165, 1.54) is 11.8 Å². The second-order valence-corrected chi connectivity index (χ2v) is 9.96. The lowest BCUT2D eigenvalue weighted by Crippen LogP contribution is -2.30. The van der Waals surface area contributed by atoms with Crippen LogP contribution in [-0.2, 0) is 4.79 Å². The van der Waals surface area contributed by atoms with Gasteiger partial charge in [0.2, 0.25) is 0 Å². The molecule has 40 heavy (non-hydrogen) atoms. The number of carbonyl (C=O) groups is 3. The summed E-state index contributed by atoms with van der Waals surface area (Å²) < 4.78 is 5.71. The Morgan fingerprint density at radius 2 is 1.55 bits per heavy atom. The van der Waals surface area contributed by atoms with E-state index in [4.69, 9.17) is 4.74 Å². The summed E-state index contributed by atoms with van der Waals surface area (Å²) in [5, 5.41) is 5.63. The van der Waals surface area contributed by atoms with Crippen LogP contribution in [0.5, 0.6) is 5.75 Å². The Morgan fingerprint density at radius 3 is 2.30 bits per heavy atom. The standard InChI is InChI=1S/C33H30N2O4S/c1-3-39-31-15-8-7-12-26(31)20-29(35-32(37)25-10-5-4-6-11-25)33(38)34-27-13-9-14-28(21-27)40-22-30(36)24-18-16-23(2)17-19-24/h4-21H,3,22H2,1-2H3,(H,34,38)(H,35,37)/b29-20-. The Balaban J connectivity index is 1.52. The number of ketones is 1. The molecule has 202 valence electrons. The van der Waals surface area contributed by atoms with Crippen LogP contribution >= 0.6 is 11.8 Å². The molecule has 0 unspecified atom stereocenters. The molecule has 0 fully saturated rings. The van der Waals surface area contributed by atoms with Gasteiger partial charge in [-0.3, -0.25) is 14.4 Å². The van der Waals surface area contributed by atoms with E-state index in [0.717, 1.165) is 10.5 Å². The first-order valence-electron chi connectivity index (χ1n) is 12.9. The number of carbonyl (C=O) groups excluding carboxylic acids is 3. The molecule has 0 saturated heterocycles. The van der Waals surface area contributed by atoms with Crippen LogP contribution in [0, 0.1) is 6.92 Å². The summed E-state index contributed by atoms with van der Waals surface area (Å²) in [5.41, 5.74) is 3.45. The van der Waals surface area contributed by atoms with Crippen molar-refractivity contribution < 1.29 is 19.1 Å². The molecule has 0 aliphatic rings. The van der Waals surface area contributed by atoms with Gasteiger partial charge in [-0.25, -0.2) is 0 Å². The molecule has 0 aromatic heterocycles. The van der Waals surface area contributed by atoms with Crippen LogP contribution in [0.3, 0.4) is 0 Å². The SMILES string of the molecule is CCOc1ccccc1/C=C(\NC(=O)c1ccccc1)C(=O)Nc1cccc(SCC(=O)c2ccc(C)cc2)c1. The highest BCUT2D eigenvalue weighted by Crippen LogP contribution is 2.24. The average Bonchev–Trinajstić information content (AvgIpc) is 2.97. The number of benzene rings is 4. The second kappa shape index (κ2) is 14.0. The Hall–Kier alpha value is -4.62. The highest BCUT2D eigenvalue weighted by Gasteiger charge is 2.16. The van der Waals surface area contributed by atoms with Gasteiger partial charge < -0.3 is 15.4 Å². The molecule has 4 aromatic rings. The number of thioether (sulfide) groups is 1. The largest absolute Gasteiger partial charge is 0.493 e. The summed E-state index contributed by atoms with van der Waals surface area (Å²) in [6.45, 7) is 4.32. The number of hydrogen-bond acceptors (Lipinski definition) is 5. The molecule has 0 saturated carbocycles. The van der Waals surface area contributed by atoms with Crippen LogP contribution in [0.15, 0.2) is 114 Å². The summed E-state index contributed by atoms with van der Waals surface area (Å²) in [5.74, 6) is -0.00196. The van der Waals surface area contributed by atoms with E-state index in [1.54, 1.807) is 42.5 Å². The van der Waals surface area contributed by atoms with Gasteiger partial charge in [-0.05, 0) is 56.3 Å². The molecule has 7 heteroatoms. The Bertz CT molecular complexity index is 1520. The maximum Gasteiger partial charge on any atom is 0.272 e. The van der Waals surface area contributed by atoms with Crippen LogP contribution in [-0.4, -0.2) is 30.0 Å². The summed E-state index contributed by atoms with van der Waals surface area (Å²) in [6, 6.07) is 30.7. The molecule has 4 aromatic carbocycles. The van der Waals surface area contributed by atoms with Gasteiger partial charge in [0.15, 0.2) is 5.78 Å². The highest BCUT2D eigenvalue weighted by molar-refractivity contribution is 8.00. The highest BCUT2D eigenvalue weighted by atomic mass is 32.2. The zero-order valence-corrected chi connectivity index (χ0v) is 23.2. The van der Waals surface area contributed by atoms with E-state index in [-0.39, 0.29) is 17.2 Å². The third-order valence-corrected chi connectivity index (χ3v) is 6.88. The van der Waals surface area contributed by atoms with E-state index in [1.807, 2.05) is 80.6 Å². The summed E-state index contributed by atoms with van der Waals surface area (Å²) in [6.07, 6.45) is 1.60. The monoisotopic (exact) mass is 550 g/mol. The molecule has 0 atom stereocenters. The predicted octanol–water partition coefficient (Wildman–Crippen LogP) is 6.78. The van der Waals surface area contributed by atoms with Crippen LogP contribution in [0.2, 0.25) is 0 Å². The van der Waals surface area contributed by atoms with Crippen LogP contribution in [0.25, 0.3) is 6.08 Å². The lowest BCUT2D eigenvalue weighted by Gasteiger charge is -2.13. The molecule has 0 spiro atoms. The topological polar surface area (TPSA) is 84.5 Å². The molecule has 2 amide bonds. The molecule has 4 rings (SSSR count). The smallest absolute Gasteiger partial charge is 0.272 e. The summed E-state index contributed by atoms with van der Waals surface area (Å²) in [4.78, 5) is 39.8. The van der Waals surface area contributed by atoms with Gasteiger partial charge in [-0.15, -0.1) is 11.8 Å². The molecule has 0 aliphatic heterocycles. The number of anilines is 1. The van der Waals surface area contributed by atoms with E-state index in [9.17, 15) is 14.4 Å². The minimum atomic E-state index is -0.492. The third-order valence-electron chi connectivity index (χ3n) is 5.88. The van der Waals surface area contributed by atoms with Gasteiger partial charge in [0.25, 0.3) is 11.8 Å². The van der Waals surface area contributed by atoms with Gasteiger partial charge in [-0.2, -0.15) is 0 Å². The van der Waals surface area contributed by atoms with Crippen molar-refractivity contribution in [2.45, 2.75) is 18.7 Å².